The van der Waals surface area contributed by atoms with Gasteiger partial charge in [-0.2, -0.15) is 5.10 Å². The lowest BCUT2D eigenvalue weighted by Gasteiger charge is -2.25. The van der Waals surface area contributed by atoms with Crippen LogP contribution in [0, 0.1) is 12.7 Å². The molecule has 7 heteroatoms. The van der Waals surface area contributed by atoms with Gasteiger partial charge >= 0.3 is 0 Å². The lowest BCUT2D eigenvalue weighted by molar-refractivity contribution is 0.177. The summed E-state index contributed by atoms with van der Waals surface area (Å²) in [4.78, 5) is 8.98. The van der Waals surface area contributed by atoms with E-state index in [2.05, 4.69) is 20.4 Å². The number of rotatable bonds is 4. The van der Waals surface area contributed by atoms with E-state index in [9.17, 15) is 4.39 Å². The fourth-order valence-electron chi connectivity index (χ4n) is 3.34. The number of methoxy groups -OCH3 is 1. The third-order valence-electron chi connectivity index (χ3n) is 4.43. The molecular formula is C18H20FN5O. The second-order valence-electron chi connectivity index (χ2n) is 6.41. The van der Waals surface area contributed by atoms with Crippen molar-refractivity contribution in [2.24, 2.45) is 0 Å². The average Bonchev–Trinajstić information content (AvgIpc) is 2.97. The molecule has 1 atom stereocenters. The zero-order valence-corrected chi connectivity index (χ0v) is 14.3. The van der Waals surface area contributed by atoms with Crippen molar-refractivity contribution in [2.75, 3.05) is 12.4 Å². The summed E-state index contributed by atoms with van der Waals surface area (Å²) in [5, 5.41) is 8.84. The van der Waals surface area contributed by atoms with E-state index in [1.807, 2.05) is 17.7 Å². The molecular weight excluding hydrogens is 321 g/mol. The first-order valence-corrected chi connectivity index (χ1v) is 8.37. The van der Waals surface area contributed by atoms with Crippen LogP contribution in [-0.2, 0) is 24.3 Å². The Bertz CT molecular complexity index is 923. The van der Waals surface area contributed by atoms with E-state index in [0.717, 1.165) is 47.5 Å². The zero-order valence-electron chi connectivity index (χ0n) is 14.3. The Morgan fingerprint density at radius 2 is 2.20 bits per heavy atom. The summed E-state index contributed by atoms with van der Waals surface area (Å²) in [7, 11) is 1.64. The SMILES string of the molecule is COCc1nc2n(n1)CC(Nc1cc(C)nc3ccc(F)cc13)CC2. The molecule has 0 amide bonds. The average molecular weight is 341 g/mol. The molecule has 1 aliphatic heterocycles. The molecule has 0 saturated heterocycles. The van der Waals surface area contributed by atoms with Crippen molar-refractivity contribution >= 4 is 16.6 Å². The molecule has 4 rings (SSSR count). The van der Waals surface area contributed by atoms with E-state index in [1.54, 1.807) is 13.2 Å². The van der Waals surface area contributed by atoms with Crippen LogP contribution < -0.4 is 5.32 Å². The summed E-state index contributed by atoms with van der Waals surface area (Å²) in [6.07, 6.45) is 1.80. The molecule has 6 nitrogen and oxygen atoms in total. The Morgan fingerprint density at radius 3 is 3.04 bits per heavy atom. The van der Waals surface area contributed by atoms with Gasteiger partial charge < -0.3 is 10.1 Å². The van der Waals surface area contributed by atoms with Crippen molar-refractivity contribution in [3.8, 4) is 0 Å². The van der Waals surface area contributed by atoms with Crippen LogP contribution in [0.1, 0.15) is 23.8 Å². The van der Waals surface area contributed by atoms with Crippen LogP contribution in [0.5, 0.6) is 0 Å². The van der Waals surface area contributed by atoms with Crippen LogP contribution in [0.25, 0.3) is 10.9 Å². The molecule has 2 aromatic heterocycles. The second kappa shape index (κ2) is 6.40. The van der Waals surface area contributed by atoms with Crippen LogP contribution in [0.3, 0.4) is 0 Å². The van der Waals surface area contributed by atoms with Gasteiger partial charge in [0.05, 0.1) is 12.1 Å². The van der Waals surface area contributed by atoms with E-state index < -0.39 is 0 Å². The number of anilines is 1. The highest BCUT2D eigenvalue weighted by Crippen LogP contribution is 2.26. The number of ether oxygens (including phenoxy) is 1. The highest BCUT2D eigenvalue weighted by Gasteiger charge is 2.22. The quantitative estimate of drug-likeness (QED) is 0.790. The number of hydrogen-bond acceptors (Lipinski definition) is 5. The van der Waals surface area contributed by atoms with Crippen LogP contribution in [0.4, 0.5) is 10.1 Å². The first-order valence-electron chi connectivity index (χ1n) is 8.37. The van der Waals surface area contributed by atoms with E-state index in [1.165, 1.54) is 12.1 Å². The molecule has 0 radical (unpaired) electrons. The Balaban J connectivity index is 1.60. The van der Waals surface area contributed by atoms with E-state index >= 15 is 0 Å². The number of benzene rings is 1. The summed E-state index contributed by atoms with van der Waals surface area (Å²) < 4.78 is 20.7. The molecule has 1 aliphatic rings. The fraction of sp³-hybridized carbons (Fsp3) is 0.389. The normalized spacial score (nSPS) is 16.8. The third-order valence-corrected chi connectivity index (χ3v) is 4.43. The molecule has 0 aliphatic carbocycles. The summed E-state index contributed by atoms with van der Waals surface area (Å²) in [6, 6.07) is 6.87. The lowest BCUT2D eigenvalue weighted by Crippen LogP contribution is -2.32. The van der Waals surface area contributed by atoms with Gasteiger partial charge in [0.2, 0.25) is 0 Å². The maximum Gasteiger partial charge on any atom is 0.176 e. The van der Waals surface area contributed by atoms with Crippen molar-refractivity contribution in [2.45, 2.75) is 39.0 Å². The predicted octanol–water partition coefficient (Wildman–Crippen LogP) is 2.85. The molecule has 25 heavy (non-hydrogen) atoms. The second-order valence-corrected chi connectivity index (χ2v) is 6.41. The Labute approximate surface area is 145 Å². The van der Waals surface area contributed by atoms with Crippen LogP contribution in [0.2, 0.25) is 0 Å². The number of hydrogen-bond donors (Lipinski definition) is 1. The molecule has 130 valence electrons. The van der Waals surface area contributed by atoms with Gasteiger partial charge in [0, 0.05) is 36.3 Å². The molecule has 1 aromatic carbocycles. The summed E-state index contributed by atoms with van der Waals surface area (Å²) in [5.41, 5.74) is 2.61. The van der Waals surface area contributed by atoms with Crippen molar-refractivity contribution in [3.63, 3.8) is 0 Å². The summed E-state index contributed by atoms with van der Waals surface area (Å²) >= 11 is 0. The number of nitrogens with zero attached hydrogens (tertiary/aromatic N) is 4. The van der Waals surface area contributed by atoms with Gasteiger partial charge in [0.25, 0.3) is 0 Å². The largest absolute Gasteiger partial charge is 0.380 e. The van der Waals surface area contributed by atoms with Gasteiger partial charge in [-0.15, -0.1) is 0 Å². The molecule has 0 spiro atoms. The molecule has 1 N–H and O–H groups in total. The third kappa shape index (κ3) is 3.19. The maximum absolute atomic E-state index is 13.7. The number of nitrogens with one attached hydrogen (secondary N) is 1. The molecule has 3 aromatic rings. The first kappa shape index (κ1) is 16.0. The van der Waals surface area contributed by atoms with Gasteiger partial charge in [0.15, 0.2) is 5.82 Å². The van der Waals surface area contributed by atoms with Gasteiger partial charge in [-0.25, -0.2) is 14.1 Å². The minimum Gasteiger partial charge on any atom is -0.380 e. The van der Waals surface area contributed by atoms with E-state index in [-0.39, 0.29) is 11.9 Å². The van der Waals surface area contributed by atoms with Crippen LogP contribution in [0.15, 0.2) is 24.3 Å². The Kier molecular flexibility index (Phi) is 4.09. The van der Waals surface area contributed by atoms with Crippen molar-refractivity contribution in [1.82, 2.24) is 19.7 Å². The number of aromatic nitrogens is 4. The fourth-order valence-corrected chi connectivity index (χ4v) is 3.34. The number of halogens is 1. The highest BCUT2D eigenvalue weighted by molar-refractivity contribution is 5.91. The molecule has 0 bridgehead atoms. The topological polar surface area (TPSA) is 64.9 Å². The van der Waals surface area contributed by atoms with Crippen molar-refractivity contribution < 1.29 is 9.13 Å². The van der Waals surface area contributed by atoms with Gasteiger partial charge in [-0.05, 0) is 37.6 Å². The standard InChI is InChI=1S/C18H20FN5O/c1-11-7-16(14-8-12(19)3-5-15(14)20-11)21-13-4-6-18-22-17(10-25-2)23-24(18)9-13/h3,5,7-8,13H,4,6,9-10H2,1-2H3,(H,20,21). The van der Waals surface area contributed by atoms with Crippen LogP contribution in [-0.4, -0.2) is 32.9 Å². The van der Waals surface area contributed by atoms with Gasteiger partial charge in [0.1, 0.15) is 18.2 Å². The maximum atomic E-state index is 13.7. The highest BCUT2D eigenvalue weighted by atomic mass is 19.1. The molecule has 0 fully saturated rings. The number of fused-ring (bicyclic) bond motifs is 2. The monoisotopic (exact) mass is 341 g/mol. The van der Waals surface area contributed by atoms with Crippen LogP contribution >= 0.6 is 0 Å². The van der Waals surface area contributed by atoms with E-state index in [0.29, 0.717) is 12.4 Å². The predicted molar refractivity (Wildman–Crippen MR) is 92.9 cm³/mol. The van der Waals surface area contributed by atoms with Gasteiger partial charge in [-0.1, -0.05) is 0 Å². The Morgan fingerprint density at radius 1 is 1.32 bits per heavy atom. The first-order chi connectivity index (χ1) is 12.1. The number of pyridine rings is 1. The summed E-state index contributed by atoms with van der Waals surface area (Å²) in [5.74, 6) is 1.45. The van der Waals surface area contributed by atoms with Gasteiger partial charge in [-0.3, -0.25) is 4.98 Å². The lowest BCUT2D eigenvalue weighted by atomic mass is 10.1. The molecule has 0 saturated carbocycles. The zero-order chi connectivity index (χ0) is 17.4. The minimum absolute atomic E-state index is 0.206. The summed E-state index contributed by atoms with van der Waals surface area (Å²) in [6.45, 7) is 3.09. The van der Waals surface area contributed by atoms with Crippen molar-refractivity contribution in [3.05, 3.63) is 47.4 Å². The molecule has 3 heterocycles. The van der Waals surface area contributed by atoms with Crippen molar-refractivity contribution in [1.29, 1.82) is 0 Å². The molecule has 1 unspecified atom stereocenters. The van der Waals surface area contributed by atoms with E-state index in [4.69, 9.17) is 4.74 Å². The minimum atomic E-state index is -0.257. The smallest absolute Gasteiger partial charge is 0.176 e. The number of aryl methyl sites for hydroxylation is 2. The Hall–Kier alpha value is -2.54.